The van der Waals surface area contributed by atoms with Crippen molar-refractivity contribution < 1.29 is 4.79 Å². The highest BCUT2D eigenvalue weighted by atomic mass is 79.9. The van der Waals surface area contributed by atoms with Crippen molar-refractivity contribution in [3.8, 4) is 0 Å². The number of halogens is 2. The molecule has 2 atom stereocenters. The van der Waals surface area contributed by atoms with Crippen molar-refractivity contribution in [2.75, 3.05) is 0 Å². The monoisotopic (exact) mass is 375 g/mol. The highest BCUT2D eigenvalue weighted by Crippen LogP contribution is 2.27. The maximum Gasteiger partial charge on any atom is 0.234 e. The second kappa shape index (κ2) is 6.20. The van der Waals surface area contributed by atoms with Crippen molar-refractivity contribution in [1.82, 2.24) is 5.32 Å². The Labute approximate surface area is 126 Å². The normalized spacial score (nSPS) is 15.0. The van der Waals surface area contributed by atoms with Gasteiger partial charge >= 0.3 is 0 Å². The lowest BCUT2D eigenvalue weighted by Crippen LogP contribution is -2.39. The van der Waals surface area contributed by atoms with Gasteiger partial charge in [0.1, 0.15) is 0 Å². The Morgan fingerprint density at radius 2 is 1.72 bits per heavy atom. The molecule has 0 aliphatic rings. The molecular formula is C14H19Br2NO. The van der Waals surface area contributed by atoms with Crippen LogP contribution in [-0.4, -0.2) is 10.7 Å². The number of hydrogen-bond donors (Lipinski definition) is 1. The number of carbonyl (C=O) groups is 1. The van der Waals surface area contributed by atoms with Crippen LogP contribution in [0.2, 0.25) is 0 Å². The summed E-state index contributed by atoms with van der Waals surface area (Å²) in [4.78, 5) is 11.9. The third kappa shape index (κ3) is 4.39. The molecular weight excluding hydrogens is 358 g/mol. The molecule has 0 radical (unpaired) electrons. The average molecular weight is 377 g/mol. The SMILES string of the molecule is CC(NC(=O)C(Br)C(C)(C)C)c1ccc(Br)cc1. The van der Waals surface area contributed by atoms with Crippen LogP contribution in [0, 0.1) is 5.41 Å². The first-order valence-corrected chi connectivity index (χ1v) is 7.62. The Morgan fingerprint density at radius 3 is 2.17 bits per heavy atom. The molecule has 0 fully saturated rings. The number of amides is 1. The van der Waals surface area contributed by atoms with Crippen molar-refractivity contribution in [2.24, 2.45) is 5.41 Å². The lowest BCUT2D eigenvalue weighted by Gasteiger charge is -2.26. The lowest BCUT2D eigenvalue weighted by molar-refractivity contribution is -0.122. The van der Waals surface area contributed by atoms with Gasteiger partial charge in [-0.2, -0.15) is 0 Å². The van der Waals surface area contributed by atoms with Gasteiger partial charge in [-0.15, -0.1) is 0 Å². The van der Waals surface area contributed by atoms with Gasteiger partial charge in [0, 0.05) is 4.47 Å². The third-order valence-electron chi connectivity index (χ3n) is 2.72. The van der Waals surface area contributed by atoms with Crippen LogP contribution in [0.15, 0.2) is 28.7 Å². The van der Waals surface area contributed by atoms with Crippen LogP contribution in [-0.2, 0) is 4.79 Å². The molecule has 0 aromatic heterocycles. The van der Waals surface area contributed by atoms with Crippen LogP contribution in [0.25, 0.3) is 0 Å². The topological polar surface area (TPSA) is 29.1 Å². The Morgan fingerprint density at radius 1 is 1.22 bits per heavy atom. The molecule has 100 valence electrons. The van der Waals surface area contributed by atoms with Gasteiger partial charge < -0.3 is 5.32 Å². The smallest absolute Gasteiger partial charge is 0.234 e. The molecule has 0 spiro atoms. The minimum atomic E-state index is -0.192. The van der Waals surface area contributed by atoms with Crippen molar-refractivity contribution in [1.29, 1.82) is 0 Å². The van der Waals surface area contributed by atoms with Crippen molar-refractivity contribution in [3.63, 3.8) is 0 Å². The van der Waals surface area contributed by atoms with Crippen LogP contribution >= 0.6 is 31.9 Å². The summed E-state index contributed by atoms with van der Waals surface area (Å²) < 4.78 is 1.04. The highest BCUT2D eigenvalue weighted by molar-refractivity contribution is 9.10. The van der Waals surface area contributed by atoms with E-state index in [1.165, 1.54) is 0 Å². The first kappa shape index (κ1) is 15.7. The van der Waals surface area contributed by atoms with Gasteiger partial charge in [-0.1, -0.05) is 64.8 Å². The van der Waals surface area contributed by atoms with Crippen molar-refractivity contribution >= 4 is 37.8 Å². The molecule has 2 unspecified atom stereocenters. The zero-order valence-electron chi connectivity index (χ0n) is 11.1. The van der Waals surface area contributed by atoms with Gasteiger partial charge in [0.15, 0.2) is 0 Å². The molecule has 0 aliphatic carbocycles. The zero-order chi connectivity index (χ0) is 13.9. The molecule has 1 N–H and O–H groups in total. The summed E-state index contributed by atoms with van der Waals surface area (Å²) in [5, 5.41) is 3.02. The molecule has 18 heavy (non-hydrogen) atoms. The molecule has 0 bridgehead atoms. The van der Waals surface area contributed by atoms with E-state index in [2.05, 4.69) is 37.2 Å². The van der Waals surface area contributed by atoms with E-state index in [0.29, 0.717) is 0 Å². The van der Waals surface area contributed by atoms with Crippen LogP contribution in [0.4, 0.5) is 0 Å². The first-order valence-electron chi connectivity index (χ1n) is 5.91. The van der Waals surface area contributed by atoms with E-state index in [9.17, 15) is 4.79 Å². The van der Waals surface area contributed by atoms with Crippen LogP contribution in [0.5, 0.6) is 0 Å². The number of rotatable bonds is 3. The third-order valence-corrected chi connectivity index (χ3v) is 5.04. The van der Waals surface area contributed by atoms with E-state index in [1.54, 1.807) is 0 Å². The Hall–Kier alpha value is -0.350. The number of nitrogens with one attached hydrogen (secondary N) is 1. The van der Waals surface area contributed by atoms with E-state index in [0.717, 1.165) is 10.0 Å². The number of carbonyl (C=O) groups excluding carboxylic acids is 1. The predicted molar refractivity (Wildman–Crippen MR) is 82.9 cm³/mol. The molecule has 1 aromatic rings. The minimum Gasteiger partial charge on any atom is -0.349 e. The van der Waals surface area contributed by atoms with Gasteiger partial charge in [0.25, 0.3) is 0 Å². The predicted octanol–water partition coefficient (Wildman–Crippen LogP) is 4.44. The molecule has 1 rings (SSSR count). The van der Waals surface area contributed by atoms with Crippen LogP contribution < -0.4 is 5.32 Å². The second-order valence-corrected chi connectivity index (χ2v) is 7.34. The van der Waals surface area contributed by atoms with Crippen molar-refractivity contribution in [3.05, 3.63) is 34.3 Å². The molecule has 0 heterocycles. The molecule has 0 saturated heterocycles. The number of hydrogen-bond acceptors (Lipinski definition) is 1. The Bertz CT molecular complexity index is 409. The lowest BCUT2D eigenvalue weighted by atomic mass is 9.91. The van der Waals surface area contributed by atoms with Gasteiger partial charge in [0.2, 0.25) is 5.91 Å². The van der Waals surface area contributed by atoms with Gasteiger partial charge in [-0.3, -0.25) is 4.79 Å². The van der Waals surface area contributed by atoms with Gasteiger partial charge in [0.05, 0.1) is 10.9 Å². The molecule has 0 aliphatic heterocycles. The molecule has 1 aromatic carbocycles. The standard InChI is InChI=1S/C14H19Br2NO/c1-9(10-5-7-11(15)8-6-10)17-13(18)12(16)14(2,3)4/h5-9,12H,1-4H3,(H,17,18). The van der Waals surface area contributed by atoms with Crippen LogP contribution in [0.3, 0.4) is 0 Å². The van der Waals surface area contributed by atoms with E-state index < -0.39 is 0 Å². The van der Waals surface area contributed by atoms with E-state index >= 15 is 0 Å². The molecule has 0 saturated carbocycles. The largest absolute Gasteiger partial charge is 0.349 e. The summed E-state index contributed by atoms with van der Waals surface area (Å²) in [6, 6.07) is 7.99. The molecule has 4 heteroatoms. The molecule has 2 nitrogen and oxygen atoms in total. The van der Waals surface area contributed by atoms with E-state index in [-0.39, 0.29) is 22.2 Å². The highest BCUT2D eigenvalue weighted by Gasteiger charge is 2.29. The zero-order valence-corrected chi connectivity index (χ0v) is 14.3. The second-order valence-electron chi connectivity index (χ2n) is 5.51. The summed E-state index contributed by atoms with van der Waals surface area (Å²) in [7, 11) is 0. The summed E-state index contributed by atoms with van der Waals surface area (Å²) in [5.41, 5.74) is 1.00. The minimum absolute atomic E-state index is 0.00741. The summed E-state index contributed by atoms with van der Waals surface area (Å²) >= 11 is 6.86. The first-order chi connectivity index (χ1) is 8.21. The Kier molecular flexibility index (Phi) is 5.41. The summed E-state index contributed by atoms with van der Waals surface area (Å²) in [6.07, 6.45) is 0. The maximum absolute atomic E-state index is 12.1. The number of alkyl halides is 1. The van der Waals surface area contributed by atoms with Crippen LogP contribution in [0.1, 0.15) is 39.3 Å². The average Bonchev–Trinajstić information content (AvgIpc) is 2.27. The molecule has 1 amide bonds. The van der Waals surface area contributed by atoms with Gasteiger partial charge in [-0.05, 0) is 30.0 Å². The number of benzene rings is 1. The maximum atomic E-state index is 12.1. The van der Waals surface area contributed by atoms with E-state index in [4.69, 9.17) is 0 Å². The fourth-order valence-electron chi connectivity index (χ4n) is 1.51. The van der Waals surface area contributed by atoms with Gasteiger partial charge in [-0.25, -0.2) is 0 Å². The van der Waals surface area contributed by atoms with Crippen molar-refractivity contribution in [2.45, 2.75) is 38.6 Å². The fourth-order valence-corrected chi connectivity index (χ4v) is 1.91. The fraction of sp³-hybridized carbons (Fsp3) is 0.500. The summed E-state index contributed by atoms with van der Waals surface area (Å²) in [5.74, 6) is 0.0259. The van der Waals surface area contributed by atoms with E-state index in [1.807, 2.05) is 52.0 Å². The summed E-state index contributed by atoms with van der Waals surface area (Å²) in [6.45, 7) is 8.10. The quantitative estimate of drug-likeness (QED) is 0.776. The Balaban J connectivity index is 2.68.